The van der Waals surface area contributed by atoms with Gasteiger partial charge in [0.15, 0.2) is 0 Å². The number of benzene rings is 4. The molecule has 1 radical (unpaired) electrons. The summed E-state index contributed by atoms with van der Waals surface area (Å²) in [4.78, 5) is 25.9. The summed E-state index contributed by atoms with van der Waals surface area (Å²) in [5.74, 6) is 0.867. The van der Waals surface area contributed by atoms with Crippen LogP contribution in [0.2, 0.25) is 0 Å². The fourth-order valence-corrected chi connectivity index (χ4v) is 5.38. The summed E-state index contributed by atoms with van der Waals surface area (Å²) >= 11 is -1.32. The van der Waals surface area contributed by atoms with Crippen LogP contribution in [0.25, 0.3) is 0 Å². The Morgan fingerprint density at radius 2 is 0.976 bits per heavy atom. The lowest BCUT2D eigenvalue weighted by Crippen LogP contribution is -2.23. The Bertz CT molecular complexity index is 1340. The highest BCUT2D eigenvalue weighted by atomic mass is 27.2. The van der Waals surface area contributed by atoms with Crippen LogP contribution in [0.3, 0.4) is 0 Å². The largest absolute Gasteiger partial charge is 0.885 e. The van der Waals surface area contributed by atoms with Gasteiger partial charge in [0, 0.05) is 0 Å². The number of ether oxygens (including phenoxy) is 2. The Kier molecular flexibility index (Phi) is 10.6. The molecular formula is C34H34AlO6. The Hall–Kier alpha value is -4.05. The van der Waals surface area contributed by atoms with E-state index in [0.717, 1.165) is 33.8 Å². The van der Waals surface area contributed by atoms with Gasteiger partial charge < -0.3 is 17.1 Å². The molecule has 2 atom stereocenters. The highest BCUT2D eigenvalue weighted by Gasteiger charge is 2.26. The van der Waals surface area contributed by atoms with E-state index in [-0.39, 0.29) is 0 Å². The molecule has 0 N–H and O–H groups in total. The van der Waals surface area contributed by atoms with Crippen molar-refractivity contribution in [2.45, 2.75) is 52.4 Å². The van der Waals surface area contributed by atoms with Crippen LogP contribution in [-0.2, 0) is 30.0 Å². The molecule has 2 unspecified atom stereocenters. The lowest BCUT2D eigenvalue weighted by Gasteiger charge is -2.20. The number of para-hydroxylation sites is 2. The quantitative estimate of drug-likeness (QED) is 0.163. The minimum atomic E-state index is -1.32. The third kappa shape index (κ3) is 7.58. The Balaban J connectivity index is 1.38. The first-order valence-corrected chi connectivity index (χ1v) is 14.8. The Labute approximate surface area is 248 Å². The number of carbonyl (C=O) groups excluding carboxylic acids is 2. The molecule has 4 aromatic carbocycles. The molecule has 0 spiro atoms. The average Bonchev–Trinajstić information content (AvgIpc) is 3.01. The molecule has 0 aromatic heterocycles. The Morgan fingerprint density at radius 1 is 0.585 bits per heavy atom. The predicted molar refractivity (Wildman–Crippen MR) is 159 cm³/mol. The smallest absolute Gasteiger partial charge is 0.589 e. The van der Waals surface area contributed by atoms with Crippen LogP contribution in [0.1, 0.15) is 61.8 Å². The van der Waals surface area contributed by atoms with Crippen LogP contribution in [0.15, 0.2) is 97.1 Å². The van der Waals surface area contributed by atoms with Gasteiger partial charge in [-0.05, 0) is 85.3 Å². The van der Waals surface area contributed by atoms with Gasteiger partial charge in [-0.25, -0.2) is 0 Å². The molecule has 4 aromatic rings. The topological polar surface area (TPSA) is 71.1 Å². The van der Waals surface area contributed by atoms with Crippen LogP contribution in [0.4, 0.5) is 0 Å². The van der Waals surface area contributed by atoms with Crippen molar-refractivity contribution in [1.29, 1.82) is 0 Å². The van der Waals surface area contributed by atoms with E-state index in [0.29, 0.717) is 24.3 Å². The zero-order valence-electron chi connectivity index (χ0n) is 23.8. The standard InChI is InChI=1S/2C17H18O3.Al/c2*1-3-14-15(12(2)17(18)19)10-7-11-16(14)20-13-8-5-4-6-9-13;/h2*4-12H,3H2,1-2H3,(H,18,19);/q;;+2/p-2. The first-order chi connectivity index (χ1) is 19.9. The number of hydrogen-bond donors (Lipinski definition) is 0. The van der Waals surface area contributed by atoms with Crippen molar-refractivity contribution in [2.75, 3.05) is 0 Å². The molecular weight excluding hydrogens is 531 g/mol. The molecule has 41 heavy (non-hydrogen) atoms. The minimum Gasteiger partial charge on any atom is -0.589 e. The molecule has 209 valence electrons. The van der Waals surface area contributed by atoms with Crippen molar-refractivity contribution in [2.24, 2.45) is 0 Å². The Morgan fingerprint density at radius 3 is 1.34 bits per heavy atom. The van der Waals surface area contributed by atoms with Crippen LogP contribution in [-0.4, -0.2) is 27.8 Å². The molecule has 0 fully saturated rings. The number of rotatable bonds is 12. The molecule has 0 saturated carbocycles. The monoisotopic (exact) mass is 565 g/mol. The second-order valence-corrected chi connectivity index (χ2v) is 10.3. The summed E-state index contributed by atoms with van der Waals surface area (Å²) in [5, 5.41) is 0. The van der Waals surface area contributed by atoms with Crippen molar-refractivity contribution in [3.05, 3.63) is 119 Å². The SMILES string of the molecule is CCc1c(Oc2ccccc2)cccc1C(C)C(=O)[O][Al][O]C(=O)C(C)c1cccc(Oc2ccccc2)c1CC. The average molecular weight is 566 g/mol. The number of carbonyl (C=O) groups is 2. The van der Waals surface area contributed by atoms with Gasteiger partial charge >= 0.3 is 15.9 Å². The molecule has 0 aliphatic carbocycles. The molecule has 7 heteroatoms. The maximum atomic E-state index is 13.0. The molecule has 6 nitrogen and oxygen atoms in total. The third-order valence-electron chi connectivity index (χ3n) is 6.96. The van der Waals surface area contributed by atoms with E-state index >= 15 is 0 Å². The van der Waals surface area contributed by atoms with Gasteiger partial charge in [0.05, 0.1) is 11.8 Å². The number of hydrogen-bond acceptors (Lipinski definition) is 6. The van der Waals surface area contributed by atoms with Crippen molar-refractivity contribution >= 4 is 27.8 Å². The van der Waals surface area contributed by atoms with Crippen LogP contribution >= 0.6 is 0 Å². The molecule has 0 bridgehead atoms. The van der Waals surface area contributed by atoms with Crippen LogP contribution in [0.5, 0.6) is 23.0 Å². The summed E-state index contributed by atoms with van der Waals surface area (Å²) < 4.78 is 23.1. The summed E-state index contributed by atoms with van der Waals surface area (Å²) in [6.07, 6.45) is 1.37. The van der Waals surface area contributed by atoms with Crippen molar-refractivity contribution in [3.63, 3.8) is 0 Å². The fourth-order valence-electron chi connectivity index (χ4n) is 4.73. The van der Waals surface area contributed by atoms with Gasteiger partial charge in [-0.15, -0.1) is 0 Å². The van der Waals surface area contributed by atoms with E-state index in [1.165, 1.54) is 0 Å². The maximum absolute atomic E-state index is 13.0. The predicted octanol–water partition coefficient (Wildman–Crippen LogP) is 7.92. The zero-order chi connectivity index (χ0) is 29.2. The maximum Gasteiger partial charge on any atom is 0.885 e. The van der Waals surface area contributed by atoms with Gasteiger partial charge in [-0.1, -0.05) is 74.5 Å². The van der Waals surface area contributed by atoms with E-state index in [1.807, 2.05) is 111 Å². The highest BCUT2D eigenvalue weighted by Crippen LogP contribution is 2.34. The van der Waals surface area contributed by atoms with Crippen LogP contribution in [0, 0.1) is 0 Å². The second-order valence-electron chi connectivity index (χ2n) is 9.60. The summed E-state index contributed by atoms with van der Waals surface area (Å²) in [6.45, 7) is 7.62. The lowest BCUT2D eigenvalue weighted by atomic mass is 9.93. The molecule has 0 aliphatic rings. The van der Waals surface area contributed by atoms with E-state index in [1.54, 1.807) is 13.8 Å². The van der Waals surface area contributed by atoms with Gasteiger partial charge in [0.25, 0.3) is 11.9 Å². The normalized spacial score (nSPS) is 12.1. The fraction of sp³-hybridized carbons (Fsp3) is 0.235. The van der Waals surface area contributed by atoms with Crippen molar-refractivity contribution < 1.29 is 26.6 Å². The van der Waals surface area contributed by atoms with Gasteiger partial charge in [0.1, 0.15) is 23.0 Å². The van der Waals surface area contributed by atoms with E-state index in [4.69, 9.17) is 17.1 Å². The van der Waals surface area contributed by atoms with Crippen molar-refractivity contribution in [1.82, 2.24) is 0 Å². The zero-order valence-corrected chi connectivity index (χ0v) is 25.0. The van der Waals surface area contributed by atoms with Crippen molar-refractivity contribution in [3.8, 4) is 23.0 Å². The van der Waals surface area contributed by atoms with Gasteiger partial charge in [-0.3, -0.25) is 9.59 Å². The van der Waals surface area contributed by atoms with Gasteiger partial charge in [-0.2, -0.15) is 0 Å². The molecule has 0 aliphatic heterocycles. The third-order valence-corrected chi connectivity index (χ3v) is 7.61. The highest BCUT2D eigenvalue weighted by molar-refractivity contribution is 6.26. The first kappa shape index (κ1) is 29.9. The summed E-state index contributed by atoms with van der Waals surface area (Å²) in [7, 11) is 0. The van der Waals surface area contributed by atoms with E-state index in [2.05, 4.69) is 0 Å². The molecule has 0 heterocycles. The minimum absolute atomic E-state index is 0.445. The summed E-state index contributed by atoms with van der Waals surface area (Å²) in [5.41, 5.74) is 3.53. The van der Waals surface area contributed by atoms with Gasteiger partial charge in [0.2, 0.25) is 0 Å². The molecule has 0 saturated heterocycles. The molecule has 4 rings (SSSR count). The lowest BCUT2D eigenvalue weighted by molar-refractivity contribution is -0.140. The second kappa shape index (κ2) is 14.5. The first-order valence-electron chi connectivity index (χ1n) is 13.8. The van der Waals surface area contributed by atoms with Crippen LogP contribution < -0.4 is 9.47 Å². The van der Waals surface area contributed by atoms with E-state index in [9.17, 15) is 9.59 Å². The molecule has 0 amide bonds. The van der Waals surface area contributed by atoms with E-state index < -0.39 is 39.7 Å². The summed E-state index contributed by atoms with van der Waals surface area (Å²) in [6, 6.07) is 30.4.